The Hall–Kier alpha value is -3.40. The Morgan fingerprint density at radius 1 is 1.02 bits per heavy atom. The quantitative estimate of drug-likeness (QED) is 0.252. The summed E-state index contributed by atoms with van der Waals surface area (Å²) in [5.41, 5.74) is 7.64. The number of nitrogens with zero attached hydrogens (tertiary/aromatic N) is 3. The van der Waals surface area contributed by atoms with Crippen LogP contribution in [0.25, 0.3) is 16.6 Å². The molecule has 2 heterocycles. The van der Waals surface area contributed by atoms with Gasteiger partial charge in [0, 0.05) is 49.0 Å². The molecular weight excluding hydrogens is 534 g/mol. The first-order valence-corrected chi connectivity index (χ1v) is 15.8. The van der Waals surface area contributed by atoms with Crippen molar-refractivity contribution in [2.75, 3.05) is 36.5 Å². The summed E-state index contributed by atoms with van der Waals surface area (Å²) in [7, 11) is -3.67. The highest BCUT2D eigenvalue weighted by Crippen LogP contribution is 2.30. The van der Waals surface area contributed by atoms with Crippen LogP contribution < -0.4 is 14.9 Å². The van der Waals surface area contributed by atoms with Gasteiger partial charge in [0.2, 0.25) is 10.0 Å². The lowest BCUT2D eigenvalue weighted by Gasteiger charge is -2.33. The normalized spacial score (nSPS) is 16.7. The van der Waals surface area contributed by atoms with Crippen molar-refractivity contribution in [3.63, 3.8) is 0 Å². The van der Waals surface area contributed by atoms with Crippen LogP contribution in [-0.4, -0.2) is 55.6 Å². The van der Waals surface area contributed by atoms with Crippen LogP contribution in [0, 0.1) is 33.6 Å². The summed E-state index contributed by atoms with van der Waals surface area (Å²) in [5.74, 6) is 0.311. The van der Waals surface area contributed by atoms with Gasteiger partial charge in [-0.25, -0.2) is 17.8 Å². The van der Waals surface area contributed by atoms with E-state index in [1.807, 2.05) is 50.7 Å². The second-order valence-corrected chi connectivity index (χ2v) is 13.2. The Balaban J connectivity index is 1.35. The number of aliphatic hydroxyl groups is 1. The molecule has 0 aliphatic carbocycles. The Morgan fingerprint density at radius 3 is 2.46 bits per heavy atom. The zero-order valence-corrected chi connectivity index (χ0v) is 25.4. The fourth-order valence-electron chi connectivity index (χ4n) is 6.11. The van der Waals surface area contributed by atoms with Crippen molar-refractivity contribution in [1.29, 1.82) is 0 Å². The molecule has 1 aromatic heterocycles. The molecule has 0 radical (unpaired) electrons. The summed E-state index contributed by atoms with van der Waals surface area (Å²) in [6.45, 7) is 12.1. The van der Waals surface area contributed by atoms with Gasteiger partial charge in [-0.15, -0.1) is 0 Å². The fraction of sp³-hybridized carbons (Fsp3) is 0.406. The van der Waals surface area contributed by atoms with Gasteiger partial charge in [-0.1, -0.05) is 23.8 Å². The van der Waals surface area contributed by atoms with E-state index in [0.29, 0.717) is 17.4 Å². The third kappa shape index (κ3) is 6.27. The molecule has 4 aromatic rings. The average molecular weight is 576 g/mol. The van der Waals surface area contributed by atoms with Crippen LogP contribution in [0.5, 0.6) is 0 Å². The predicted molar refractivity (Wildman–Crippen MR) is 167 cm³/mol. The minimum Gasteiger partial charge on any atom is -0.396 e. The van der Waals surface area contributed by atoms with E-state index in [4.69, 9.17) is 5.10 Å². The largest absolute Gasteiger partial charge is 0.396 e. The molecule has 8 nitrogen and oxygen atoms in total. The molecule has 3 N–H and O–H groups in total. The van der Waals surface area contributed by atoms with E-state index < -0.39 is 10.0 Å². The van der Waals surface area contributed by atoms with Gasteiger partial charge in [-0.2, -0.15) is 5.10 Å². The molecule has 41 heavy (non-hydrogen) atoms. The number of fused-ring (bicyclic) bond motifs is 1. The first-order chi connectivity index (χ1) is 19.6. The molecular formula is C32H41N5O3S. The van der Waals surface area contributed by atoms with Crippen molar-refractivity contribution >= 4 is 32.3 Å². The number of nitrogens with one attached hydrogen (secondary N) is 2. The van der Waals surface area contributed by atoms with Gasteiger partial charge in [-0.05, 0) is 100 Å². The second kappa shape index (κ2) is 11.8. The number of aliphatic hydroxyl groups excluding tert-OH is 1. The summed E-state index contributed by atoms with van der Waals surface area (Å²) in [6, 6.07) is 16.1. The van der Waals surface area contributed by atoms with Crippen molar-refractivity contribution in [3.8, 4) is 5.69 Å². The van der Waals surface area contributed by atoms with Gasteiger partial charge >= 0.3 is 0 Å². The third-order valence-corrected chi connectivity index (χ3v) is 9.77. The molecule has 1 unspecified atom stereocenters. The number of aromatic nitrogens is 2. The topological polar surface area (TPSA) is 99.5 Å². The minimum atomic E-state index is -3.67. The van der Waals surface area contributed by atoms with Crippen LogP contribution in [0.3, 0.4) is 0 Å². The van der Waals surface area contributed by atoms with E-state index >= 15 is 0 Å². The van der Waals surface area contributed by atoms with Crippen molar-refractivity contribution in [2.24, 2.45) is 5.92 Å². The highest BCUT2D eigenvalue weighted by atomic mass is 32.2. The average Bonchev–Trinajstić information content (AvgIpc) is 3.34. The van der Waals surface area contributed by atoms with Crippen molar-refractivity contribution in [3.05, 3.63) is 77.0 Å². The molecule has 1 fully saturated rings. The summed E-state index contributed by atoms with van der Waals surface area (Å²) < 4.78 is 31.3. The van der Waals surface area contributed by atoms with Crippen LogP contribution in [0.15, 0.2) is 59.6 Å². The smallest absolute Gasteiger partial charge is 0.241 e. The number of aryl methyl sites for hydroxylation is 4. The first-order valence-electron chi connectivity index (χ1n) is 14.3. The number of hydrogen-bond donors (Lipinski definition) is 3. The van der Waals surface area contributed by atoms with Gasteiger partial charge in [0.15, 0.2) is 0 Å². The highest BCUT2D eigenvalue weighted by Gasteiger charge is 2.23. The van der Waals surface area contributed by atoms with E-state index in [1.165, 1.54) is 0 Å². The van der Waals surface area contributed by atoms with Crippen molar-refractivity contribution in [1.82, 2.24) is 14.5 Å². The van der Waals surface area contributed by atoms with Gasteiger partial charge in [-0.3, -0.25) is 0 Å². The highest BCUT2D eigenvalue weighted by molar-refractivity contribution is 7.89. The Morgan fingerprint density at radius 2 is 1.73 bits per heavy atom. The van der Waals surface area contributed by atoms with Gasteiger partial charge in [0.1, 0.15) is 0 Å². The lowest BCUT2D eigenvalue weighted by atomic mass is 9.98. The van der Waals surface area contributed by atoms with E-state index in [9.17, 15) is 13.5 Å². The zero-order valence-electron chi connectivity index (χ0n) is 24.6. The molecule has 1 aliphatic heterocycles. The Kier molecular flexibility index (Phi) is 8.40. The van der Waals surface area contributed by atoms with E-state index in [1.54, 1.807) is 0 Å². The molecule has 0 amide bonds. The molecule has 0 bridgehead atoms. The minimum absolute atomic E-state index is 0.223. The number of benzene rings is 3. The lowest BCUT2D eigenvalue weighted by Crippen LogP contribution is -2.38. The number of rotatable bonds is 9. The number of sulfonamides is 1. The lowest BCUT2D eigenvalue weighted by molar-refractivity contribution is 0.209. The SMILES string of the molecule is Cc1cc(C)c(S(=O)(=O)N[C@@H](C)CNc2cc(C)cc3c2cnn3-c2cccc(N3CCCC(CO)C3)c2)c(C)c1. The van der Waals surface area contributed by atoms with Crippen LogP contribution in [0.1, 0.15) is 42.0 Å². The maximum Gasteiger partial charge on any atom is 0.241 e. The Labute approximate surface area is 243 Å². The fourth-order valence-corrected chi connectivity index (χ4v) is 7.80. The van der Waals surface area contributed by atoms with Gasteiger partial charge < -0.3 is 15.3 Å². The molecule has 3 aromatic carbocycles. The summed E-state index contributed by atoms with van der Waals surface area (Å²) in [4.78, 5) is 2.70. The molecule has 1 aliphatic rings. The predicted octanol–water partition coefficient (Wildman–Crippen LogP) is 5.25. The molecule has 1 saturated heterocycles. The monoisotopic (exact) mass is 575 g/mol. The van der Waals surface area contributed by atoms with Crippen molar-refractivity contribution in [2.45, 2.75) is 58.4 Å². The van der Waals surface area contributed by atoms with Crippen LogP contribution in [0.2, 0.25) is 0 Å². The van der Waals surface area contributed by atoms with Crippen LogP contribution in [0.4, 0.5) is 11.4 Å². The second-order valence-electron chi connectivity index (χ2n) is 11.6. The molecule has 5 rings (SSSR count). The van der Waals surface area contributed by atoms with Crippen LogP contribution in [-0.2, 0) is 10.0 Å². The molecule has 2 atom stereocenters. The number of hydrogen-bond acceptors (Lipinski definition) is 6. The standard InChI is InChI=1S/C32H41N5O3S/c1-21-12-23(3)32(24(4)13-21)41(39,40)35-25(5)17-33-30-14-22(2)15-31-29(30)18-34-37(31)28-10-6-9-27(16-28)36-11-7-8-26(19-36)20-38/h6,9-10,12-16,18,25-26,33,35,38H,7-8,11,17,19-20H2,1-5H3/t25-,26?/m0/s1. The number of anilines is 2. The van der Waals surface area contributed by atoms with Crippen LogP contribution >= 0.6 is 0 Å². The van der Waals surface area contributed by atoms with Gasteiger partial charge in [0.05, 0.1) is 22.3 Å². The maximum absolute atomic E-state index is 13.2. The third-order valence-electron chi connectivity index (χ3n) is 7.88. The zero-order chi connectivity index (χ0) is 29.3. The van der Waals surface area contributed by atoms with Gasteiger partial charge in [0.25, 0.3) is 0 Å². The van der Waals surface area contributed by atoms with Crippen molar-refractivity contribution < 1.29 is 13.5 Å². The number of piperidine rings is 1. The molecule has 9 heteroatoms. The molecule has 0 saturated carbocycles. The van der Waals surface area contributed by atoms with E-state index in [2.05, 4.69) is 58.3 Å². The van der Waals surface area contributed by atoms with E-state index in [0.717, 1.165) is 76.2 Å². The summed E-state index contributed by atoms with van der Waals surface area (Å²) in [6.07, 6.45) is 4.00. The van der Waals surface area contributed by atoms with E-state index in [-0.39, 0.29) is 12.6 Å². The molecule has 218 valence electrons. The molecule has 0 spiro atoms. The summed E-state index contributed by atoms with van der Waals surface area (Å²) in [5, 5.41) is 18.9. The maximum atomic E-state index is 13.2. The summed E-state index contributed by atoms with van der Waals surface area (Å²) >= 11 is 0. The Bertz CT molecular complexity index is 1640. The first kappa shape index (κ1) is 29.1.